The van der Waals surface area contributed by atoms with Crippen LogP contribution in [-0.2, 0) is 4.79 Å². The number of allylic oxidation sites excluding steroid dienone is 1. The molecule has 0 saturated heterocycles. The highest BCUT2D eigenvalue weighted by molar-refractivity contribution is 6.30. The third-order valence-electron chi connectivity index (χ3n) is 6.20. The van der Waals surface area contributed by atoms with E-state index in [0.29, 0.717) is 46.8 Å². The minimum absolute atomic E-state index is 0.0209. The molecule has 1 aliphatic rings. The van der Waals surface area contributed by atoms with E-state index in [1.54, 1.807) is 42.5 Å². The van der Waals surface area contributed by atoms with Gasteiger partial charge in [0.2, 0.25) is 5.88 Å². The van der Waals surface area contributed by atoms with Crippen LogP contribution >= 0.6 is 11.6 Å². The molecule has 0 radical (unpaired) electrons. The zero-order chi connectivity index (χ0) is 28.5. The maximum Gasteiger partial charge on any atom is 0.349 e. The quantitative estimate of drug-likeness (QED) is 0.151. The number of nitrogens with two attached hydrogens (primary N) is 1. The average Bonchev–Trinajstić information content (AvgIpc) is 2.95. The predicted octanol–water partition coefficient (Wildman–Crippen LogP) is 6.51. The van der Waals surface area contributed by atoms with Crippen LogP contribution in [0.25, 0.3) is 0 Å². The Morgan fingerprint density at radius 2 is 1.75 bits per heavy atom. The minimum Gasteiger partial charge on any atom is -0.490 e. The number of hydrogen-bond donors (Lipinski definition) is 1. The van der Waals surface area contributed by atoms with Crippen LogP contribution in [0, 0.1) is 11.3 Å². The lowest BCUT2D eigenvalue weighted by molar-refractivity contribution is -0.136. The van der Waals surface area contributed by atoms with Gasteiger partial charge in [-0.15, -0.1) is 0 Å². The smallest absolute Gasteiger partial charge is 0.349 e. The normalized spacial score (nSPS) is 14.0. The molecule has 1 atom stereocenters. The van der Waals surface area contributed by atoms with Crippen molar-refractivity contribution in [1.29, 1.82) is 5.26 Å². The molecule has 208 valence electrons. The van der Waals surface area contributed by atoms with Crippen LogP contribution in [0.1, 0.15) is 50.2 Å². The number of esters is 1. The second-order valence-electron chi connectivity index (χ2n) is 9.04. The Morgan fingerprint density at radius 1 is 0.975 bits per heavy atom. The van der Waals surface area contributed by atoms with Crippen LogP contribution in [0.5, 0.6) is 28.7 Å². The van der Waals surface area contributed by atoms with Gasteiger partial charge < -0.3 is 29.4 Å². The summed E-state index contributed by atoms with van der Waals surface area (Å²) in [7, 11) is 0. The maximum atomic E-state index is 12.4. The molecule has 0 bridgehead atoms. The number of halogens is 1. The largest absolute Gasteiger partial charge is 0.490 e. The van der Waals surface area contributed by atoms with E-state index in [9.17, 15) is 10.1 Å². The van der Waals surface area contributed by atoms with Crippen molar-refractivity contribution < 1.29 is 28.5 Å². The maximum absolute atomic E-state index is 12.4. The number of nitriles is 1. The van der Waals surface area contributed by atoms with Gasteiger partial charge in [0.15, 0.2) is 18.1 Å². The van der Waals surface area contributed by atoms with Crippen molar-refractivity contribution in [3.63, 3.8) is 0 Å². The fourth-order valence-electron chi connectivity index (χ4n) is 4.30. The third kappa shape index (κ3) is 6.99. The van der Waals surface area contributed by atoms with Crippen LogP contribution in [0.4, 0.5) is 0 Å². The van der Waals surface area contributed by atoms with Crippen molar-refractivity contribution in [3.05, 3.63) is 88.3 Å². The summed E-state index contributed by atoms with van der Waals surface area (Å²) >= 11 is 5.87. The van der Waals surface area contributed by atoms with Crippen LogP contribution in [-0.4, -0.2) is 25.8 Å². The summed E-state index contributed by atoms with van der Waals surface area (Å²) in [5.74, 6) is 1.22. The molecule has 0 saturated carbocycles. The highest BCUT2D eigenvalue weighted by Gasteiger charge is 2.32. The van der Waals surface area contributed by atoms with E-state index in [1.165, 1.54) is 0 Å². The van der Waals surface area contributed by atoms with E-state index >= 15 is 0 Å². The molecule has 0 aliphatic carbocycles. The molecule has 4 rings (SSSR count). The van der Waals surface area contributed by atoms with E-state index in [-0.39, 0.29) is 23.8 Å². The number of fused-ring (bicyclic) bond motifs is 1. The highest BCUT2D eigenvalue weighted by atomic mass is 35.5. The van der Waals surface area contributed by atoms with Crippen LogP contribution in [0.2, 0.25) is 5.02 Å². The highest BCUT2D eigenvalue weighted by Crippen LogP contribution is 2.45. The fraction of sp³-hybridized carbons (Fsp3) is 0.290. The molecule has 1 heterocycles. The fourth-order valence-corrected chi connectivity index (χ4v) is 4.43. The van der Waals surface area contributed by atoms with Gasteiger partial charge in [-0.2, -0.15) is 5.26 Å². The summed E-state index contributed by atoms with van der Waals surface area (Å²) in [5, 5.41) is 10.5. The lowest BCUT2D eigenvalue weighted by Crippen LogP contribution is -2.22. The minimum atomic E-state index is -0.598. The van der Waals surface area contributed by atoms with Gasteiger partial charge in [0.1, 0.15) is 28.9 Å². The zero-order valence-electron chi connectivity index (χ0n) is 22.4. The van der Waals surface area contributed by atoms with Crippen LogP contribution < -0.4 is 29.4 Å². The van der Waals surface area contributed by atoms with E-state index in [1.807, 2.05) is 25.1 Å². The molecule has 0 amide bonds. The molecule has 8 nitrogen and oxygen atoms in total. The second kappa shape index (κ2) is 13.6. The van der Waals surface area contributed by atoms with E-state index in [0.717, 1.165) is 24.8 Å². The van der Waals surface area contributed by atoms with Gasteiger partial charge in [0.25, 0.3) is 0 Å². The Morgan fingerprint density at radius 3 is 2.48 bits per heavy atom. The Hall–Kier alpha value is -4.35. The van der Waals surface area contributed by atoms with Crippen LogP contribution in [0.15, 0.2) is 72.1 Å². The molecule has 1 aliphatic heterocycles. The number of carbonyl (C=O) groups is 1. The standard InChI is InChI=1S/C31H31ClN2O6/c1-3-5-6-15-37-26-14-7-20(16-28(26)36-4-2)30-24-13-12-23(17-27(24)40-31(34)25(30)18-33)39-29(35)19-38-22-10-8-21(32)9-11-22/h7-14,16-17,30H,3-6,15,19,34H2,1-2H3. The number of rotatable bonds is 12. The molecule has 9 heteroatoms. The van der Waals surface area contributed by atoms with Crippen molar-refractivity contribution in [2.75, 3.05) is 19.8 Å². The number of nitrogens with zero attached hydrogens (tertiary/aromatic N) is 1. The second-order valence-corrected chi connectivity index (χ2v) is 9.47. The van der Waals surface area contributed by atoms with E-state index in [2.05, 4.69) is 13.0 Å². The Labute approximate surface area is 238 Å². The molecule has 0 aromatic heterocycles. The Kier molecular flexibility index (Phi) is 9.76. The zero-order valence-corrected chi connectivity index (χ0v) is 23.2. The lowest BCUT2D eigenvalue weighted by Gasteiger charge is -2.27. The number of hydrogen-bond acceptors (Lipinski definition) is 8. The molecule has 3 aromatic rings. The van der Waals surface area contributed by atoms with Gasteiger partial charge in [-0.25, -0.2) is 4.79 Å². The lowest BCUT2D eigenvalue weighted by atomic mass is 9.83. The summed E-state index contributed by atoms with van der Waals surface area (Å²) < 4.78 is 28.5. The summed E-state index contributed by atoms with van der Waals surface area (Å²) in [6.45, 7) is 4.80. The van der Waals surface area contributed by atoms with Crippen molar-refractivity contribution in [1.82, 2.24) is 0 Å². The summed E-state index contributed by atoms with van der Waals surface area (Å²) in [6, 6.07) is 19.4. The Bertz CT molecular complexity index is 1410. The Balaban J connectivity index is 1.55. The molecule has 0 fully saturated rings. The molecular formula is C31H31ClN2O6. The first-order valence-corrected chi connectivity index (χ1v) is 13.5. The SMILES string of the molecule is CCCCCOc1ccc(C2C(C#N)=C(N)Oc3cc(OC(=O)COc4ccc(Cl)cc4)ccc32)cc1OCC. The average molecular weight is 563 g/mol. The first kappa shape index (κ1) is 28.7. The monoisotopic (exact) mass is 562 g/mol. The summed E-state index contributed by atoms with van der Waals surface area (Å²) in [6.07, 6.45) is 3.14. The van der Waals surface area contributed by atoms with Crippen molar-refractivity contribution in [2.45, 2.75) is 39.0 Å². The number of ether oxygens (including phenoxy) is 5. The van der Waals surface area contributed by atoms with Crippen molar-refractivity contribution >= 4 is 17.6 Å². The first-order chi connectivity index (χ1) is 19.4. The van der Waals surface area contributed by atoms with Gasteiger partial charge in [0, 0.05) is 16.7 Å². The third-order valence-corrected chi connectivity index (χ3v) is 6.45. The van der Waals surface area contributed by atoms with Gasteiger partial charge in [-0.05, 0) is 61.4 Å². The predicted molar refractivity (Wildman–Crippen MR) is 151 cm³/mol. The van der Waals surface area contributed by atoms with Gasteiger partial charge >= 0.3 is 5.97 Å². The molecule has 2 N–H and O–H groups in total. The van der Waals surface area contributed by atoms with Gasteiger partial charge in [-0.1, -0.05) is 43.5 Å². The number of benzene rings is 3. The van der Waals surface area contributed by atoms with E-state index < -0.39 is 11.9 Å². The molecule has 3 aromatic carbocycles. The van der Waals surface area contributed by atoms with Crippen molar-refractivity contribution in [3.8, 4) is 34.8 Å². The topological polar surface area (TPSA) is 113 Å². The van der Waals surface area contributed by atoms with E-state index in [4.69, 9.17) is 41.0 Å². The molecule has 40 heavy (non-hydrogen) atoms. The number of carbonyl (C=O) groups excluding carboxylic acids is 1. The summed E-state index contributed by atoms with van der Waals surface area (Å²) in [4.78, 5) is 12.4. The number of unbranched alkanes of at least 4 members (excludes halogenated alkanes) is 2. The summed E-state index contributed by atoms with van der Waals surface area (Å²) in [5.41, 5.74) is 7.92. The molecular weight excluding hydrogens is 532 g/mol. The van der Waals surface area contributed by atoms with Gasteiger partial charge in [-0.3, -0.25) is 0 Å². The van der Waals surface area contributed by atoms with Crippen molar-refractivity contribution in [2.24, 2.45) is 5.73 Å². The molecule has 1 unspecified atom stereocenters. The molecule has 0 spiro atoms. The first-order valence-electron chi connectivity index (χ1n) is 13.1. The van der Waals surface area contributed by atoms with Gasteiger partial charge in [0.05, 0.1) is 19.1 Å². The van der Waals surface area contributed by atoms with Crippen LogP contribution in [0.3, 0.4) is 0 Å².